The average molecular weight is 372 g/mol. The van der Waals surface area contributed by atoms with Gasteiger partial charge >= 0.3 is 0 Å². The Labute approximate surface area is 163 Å². The Morgan fingerprint density at radius 3 is 2.56 bits per heavy atom. The summed E-state index contributed by atoms with van der Waals surface area (Å²) >= 11 is 0. The summed E-state index contributed by atoms with van der Waals surface area (Å²) in [6, 6.07) is 11.0. The molecule has 0 aliphatic carbocycles. The Balaban J connectivity index is 1.49. The van der Waals surface area contributed by atoms with E-state index in [1.807, 2.05) is 0 Å². The minimum Gasteiger partial charge on any atom is -0.349 e. The number of piperidine rings is 1. The van der Waals surface area contributed by atoms with Gasteiger partial charge in [-0.25, -0.2) is 0 Å². The topological polar surface area (TPSA) is 43.9 Å². The first-order chi connectivity index (χ1) is 13.0. The number of benzene rings is 1. The summed E-state index contributed by atoms with van der Waals surface area (Å²) in [6.07, 6.45) is 5.26. The second-order valence-electron chi connectivity index (χ2n) is 8.28. The van der Waals surface area contributed by atoms with E-state index in [4.69, 9.17) is 0 Å². The minimum atomic E-state index is 0.0332. The van der Waals surface area contributed by atoms with Crippen LogP contribution in [-0.2, 0) is 16.0 Å². The van der Waals surface area contributed by atoms with Gasteiger partial charge in [-0.1, -0.05) is 30.3 Å². The maximum atomic E-state index is 12.7. The van der Waals surface area contributed by atoms with Crippen LogP contribution in [-0.4, -0.2) is 72.8 Å². The summed E-state index contributed by atoms with van der Waals surface area (Å²) in [4.78, 5) is 30.7. The highest BCUT2D eigenvalue weighted by Crippen LogP contribution is 2.28. The second-order valence-corrected chi connectivity index (χ2v) is 8.28. The molecule has 2 bridgehead atoms. The molecule has 3 aliphatic heterocycles. The Morgan fingerprint density at radius 2 is 1.81 bits per heavy atom. The lowest BCUT2D eigenvalue weighted by atomic mass is 9.94. The van der Waals surface area contributed by atoms with Gasteiger partial charge in [0.1, 0.15) is 0 Å². The SMILES string of the molecule is CN(C)C(=O)CCC(=O)N1C[C@H]2CC[C@@H]1CN(CCCc1ccccc1)C2. The van der Waals surface area contributed by atoms with Crippen LogP contribution < -0.4 is 0 Å². The van der Waals surface area contributed by atoms with Crippen molar-refractivity contribution in [1.29, 1.82) is 0 Å². The first-order valence-electron chi connectivity index (χ1n) is 10.3. The molecule has 1 aromatic rings. The Morgan fingerprint density at radius 1 is 1.04 bits per heavy atom. The highest BCUT2D eigenvalue weighted by Gasteiger charge is 2.36. The van der Waals surface area contributed by atoms with Crippen molar-refractivity contribution in [2.75, 3.05) is 40.3 Å². The fourth-order valence-corrected chi connectivity index (χ4v) is 4.40. The number of nitrogens with zero attached hydrogens (tertiary/aromatic N) is 3. The molecule has 2 atom stereocenters. The molecular formula is C22H33N3O2. The number of fused-ring (bicyclic) bond motifs is 4. The van der Waals surface area contributed by atoms with Gasteiger partial charge in [-0.15, -0.1) is 0 Å². The van der Waals surface area contributed by atoms with Crippen LogP contribution in [0, 0.1) is 5.92 Å². The minimum absolute atomic E-state index is 0.0332. The lowest BCUT2D eigenvalue weighted by molar-refractivity contribution is -0.138. The maximum Gasteiger partial charge on any atom is 0.223 e. The van der Waals surface area contributed by atoms with Gasteiger partial charge in [0, 0.05) is 52.6 Å². The number of hydrogen-bond donors (Lipinski definition) is 0. The summed E-state index contributed by atoms with van der Waals surface area (Å²) in [6.45, 7) is 4.06. The maximum absolute atomic E-state index is 12.7. The monoisotopic (exact) mass is 371 g/mol. The molecule has 4 rings (SSSR count). The summed E-state index contributed by atoms with van der Waals surface area (Å²) in [7, 11) is 3.49. The van der Waals surface area contributed by atoms with Gasteiger partial charge in [0.25, 0.3) is 0 Å². The van der Waals surface area contributed by atoms with Crippen LogP contribution in [0.4, 0.5) is 0 Å². The third-order valence-corrected chi connectivity index (χ3v) is 5.94. The lowest BCUT2D eigenvalue weighted by Crippen LogP contribution is -2.47. The van der Waals surface area contributed by atoms with Crippen LogP contribution >= 0.6 is 0 Å². The van der Waals surface area contributed by atoms with E-state index >= 15 is 0 Å². The van der Waals surface area contributed by atoms with E-state index in [1.54, 1.807) is 19.0 Å². The van der Waals surface area contributed by atoms with Crippen molar-refractivity contribution in [2.24, 2.45) is 5.92 Å². The third kappa shape index (κ3) is 5.55. The van der Waals surface area contributed by atoms with E-state index in [-0.39, 0.29) is 11.8 Å². The molecule has 1 aromatic carbocycles. The van der Waals surface area contributed by atoms with Crippen molar-refractivity contribution in [3.8, 4) is 0 Å². The number of rotatable bonds is 7. The smallest absolute Gasteiger partial charge is 0.223 e. The number of amides is 2. The summed E-state index contributed by atoms with van der Waals surface area (Å²) in [5.41, 5.74) is 1.40. The largest absolute Gasteiger partial charge is 0.349 e. The summed E-state index contributed by atoms with van der Waals surface area (Å²) in [5.74, 6) is 0.769. The standard InChI is InChI=1S/C22H33N3O2/c1-23(2)21(26)12-13-22(27)25-16-19-10-11-20(25)17-24(15-19)14-6-9-18-7-4-3-5-8-18/h3-5,7-8,19-20H,6,9-17H2,1-2H3/t19-,20+/m0/s1. The Kier molecular flexibility index (Phi) is 6.89. The first-order valence-corrected chi connectivity index (χ1v) is 10.3. The molecule has 148 valence electrons. The zero-order chi connectivity index (χ0) is 19.2. The predicted molar refractivity (Wildman–Crippen MR) is 107 cm³/mol. The van der Waals surface area contributed by atoms with Crippen LogP contribution in [0.2, 0.25) is 0 Å². The van der Waals surface area contributed by atoms with Gasteiger partial charge in [0.2, 0.25) is 11.8 Å². The van der Waals surface area contributed by atoms with Gasteiger partial charge in [-0.05, 0) is 43.7 Å². The van der Waals surface area contributed by atoms with Gasteiger partial charge in [0.05, 0.1) is 0 Å². The van der Waals surface area contributed by atoms with E-state index in [0.29, 0.717) is 24.8 Å². The van der Waals surface area contributed by atoms with Gasteiger partial charge in [-0.3, -0.25) is 9.59 Å². The predicted octanol–water partition coefficient (Wildman–Crippen LogP) is 2.41. The molecule has 5 heteroatoms. The fourth-order valence-electron chi connectivity index (χ4n) is 4.40. The molecule has 0 saturated carbocycles. The molecule has 27 heavy (non-hydrogen) atoms. The molecule has 2 amide bonds. The Hall–Kier alpha value is -1.88. The van der Waals surface area contributed by atoms with Crippen LogP contribution in [0.25, 0.3) is 0 Å². The Bertz CT molecular complexity index is 632. The number of carbonyl (C=O) groups is 2. The van der Waals surface area contributed by atoms with Crippen molar-refractivity contribution in [1.82, 2.24) is 14.7 Å². The molecular weight excluding hydrogens is 338 g/mol. The highest BCUT2D eigenvalue weighted by atomic mass is 16.2. The first kappa shape index (κ1) is 19.9. The van der Waals surface area contributed by atoms with E-state index in [1.165, 1.54) is 12.0 Å². The molecule has 0 aromatic heterocycles. The van der Waals surface area contributed by atoms with Gasteiger partial charge in [0.15, 0.2) is 0 Å². The second kappa shape index (κ2) is 9.36. The van der Waals surface area contributed by atoms with Crippen LogP contribution in [0.1, 0.15) is 37.7 Å². The van der Waals surface area contributed by atoms with Crippen LogP contribution in [0.3, 0.4) is 0 Å². The van der Waals surface area contributed by atoms with Gasteiger partial charge in [-0.2, -0.15) is 0 Å². The number of aryl methyl sites for hydroxylation is 1. The molecule has 3 heterocycles. The van der Waals surface area contributed by atoms with E-state index in [2.05, 4.69) is 40.1 Å². The fraction of sp³-hybridized carbons (Fsp3) is 0.636. The molecule has 3 saturated heterocycles. The molecule has 3 fully saturated rings. The summed E-state index contributed by atoms with van der Waals surface area (Å²) in [5, 5.41) is 0. The molecule has 3 aliphatic rings. The molecule has 0 unspecified atom stereocenters. The highest BCUT2D eigenvalue weighted by molar-refractivity contribution is 5.83. The zero-order valence-electron chi connectivity index (χ0n) is 16.8. The van der Waals surface area contributed by atoms with Crippen molar-refractivity contribution >= 4 is 11.8 Å². The van der Waals surface area contributed by atoms with Crippen molar-refractivity contribution < 1.29 is 9.59 Å². The van der Waals surface area contributed by atoms with E-state index in [9.17, 15) is 9.59 Å². The zero-order valence-corrected chi connectivity index (χ0v) is 16.8. The van der Waals surface area contributed by atoms with Crippen LogP contribution in [0.5, 0.6) is 0 Å². The molecule has 0 radical (unpaired) electrons. The molecule has 5 nitrogen and oxygen atoms in total. The number of hydrogen-bond acceptors (Lipinski definition) is 3. The van der Waals surface area contributed by atoms with Crippen LogP contribution in [0.15, 0.2) is 30.3 Å². The lowest BCUT2D eigenvalue weighted by Gasteiger charge is -2.36. The summed E-state index contributed by atoms with van der Waals surface area (Å²) < 4.78 is 0. The van der Waals surface area contributed by atoms with Crippen molar-refractivity contribution in [3.63, 3.8) is 0 Å². The van der Waals surface area contributed by atoms with Crippen molar-refractivity contribution in [3.05, 3.63) is 35.9 Å². The normalized spacial score (nSPS) is 22.5. The molecule has 0 N–H and O–H groups in total. The van der Waals surface area contributed by atoms with Crippen molar-refractivity contribution in [2.45, 2.75) is 44.6 Å². The quantitative estimate of drug-likeness (QED) is 0.739. The molecule has 0 spiro atoms. The number of carbonyl (C=O) groups excluding carboxylic acids is 2. The van der Waals surface area contributed by atoms with E-state index in [0.717, 1.165) is 45.4 Å². The van der Waals surface area contributed by atoms with Gasteiger partial charge < -0.3 is 14.7 Å². The van der Waals surface area contributed by atoms with E-state index < -0.39 is 0 Å². The average Bonchev–Trinajstić information content (AvgIpc) is 2.97. The third-order valence-electron chi connectivity index (χ3n) is 5.94.